The van der Waals surface area contributed by atoms with Gasteiger partial charge in [0.2, 0.25) is 0 Å². The number of benzene rings is 4. The molecule has 0 atom stereocenters. The van der Waals surface area contributed by atoms with E-state index in [0.717, 1.165) is 38.5 Å². The smallest absolute Gasteiger partial charge is 0.0474 e. The Morgan fingerprint density at radius 3 is 0.619 bits per heavy atom. The average Bonchev–Trinajstić information content (AvgIpc) is 3.04. The maximum Gasteiger partial charge on any atom is 0.0474 e. The molecule has 0 nitrogen and oxygen atoms in total. The Balaban J connectivity index is 1.47. The first-order chi connectivity index (χ1) is 20.4. The van der Waals surface area contributed by atoms with Crippen LogP contribution in [0.4, 0.5) is 0 Å². The molecule has 0 radical (unpaired) electrons. The topological polar surface area (TPSA) is 0 Å². The van der Waals surface area contributed by atoms with Crippen molar-refractivity contribution < 1.29 is 0 Å². The predicted molar refractivity (Wildman–Crippen MR) is 178 cm³/mol. The monoisotopic (exact) mass is 632 g/mol. The Bertz CT molecular complexity index is 1280. The summed E-state index contributed by atoms with van der Waals surface area (Å²) >= 11 is 25.0. The third-order valence-corrected chi connectivity index (χ3v) is 12.2. The van der Waals surface area contributed by atoms with Crippen molar-refractivity contribution in [3.63, 3.8) is 0 Å². The molecule has 0 aliphatic heterocycles. The van der Waals surface area contributed by atoms with E-state index in [0.29, 0.717) is 23.5 Å². The van der Waals surface area contributed by atoms with Gasteiger partial charge in [-0.25, -0.2) is 0 Å². The molecule has 0 saturated heterocycles. The van der Waals surface area contributed by atoms with Crippen LogP contribution in [-0.2, 0) is 45.2 Å². The summed E-state index contributed by atoms with van der Waals surface area (Å²) in [5.74, 6) is 2.16. The molecule has 0 heterocycles. The molecular weight excluding hydrogens is 598 g/mol. The fourth-order valence-corrected chi connectivity index (χ4v) is 10.4. The zero-order valence-electron chi connectivity index (χ0n) is 23.8. The number of hydrogen-bond acceptors (Lipinski definition) is 0. The van der Waals surface area contributed by atoms with Crippen LogP contribution in [0.25, 0.3) is 0 Å². The van der Waals surface area contributed by atoms with Crippen LogP contribution in [0.1, 0.15) is 83.0 Å². The van der Waals surface area contributed by atoms with Gasteiger partial charge in [0.15, 0.2) is 0 Å². The Morgan fingerprint density at radius 1 is 0.310 bits per heavy atom. The summed E-state index contributed by atoms with van der Waals surface area (Å²) in [5.41, 5.74) is 10.7. The first-order valence-electron chi connectivity index (χ1n) is 15.0. The summed E-state index contributed by atoms with van der Waals surface area (Å²) in [6.45, 7) is 0. The van der Waals surface area contributed by atoms with Crippen LogP contribution < -0.4 is 0 Å². The molecular formula is C38H36Cl4. The highest BCUT2D eigenvalue weighted by molar-refractivity contribution is 6.17. The molecule has 4 aromatic carbocycles. The zero-order valence-corrected chi connectivity index (χ0v) is 26.8. The fourth-order valence-electron chi connectivity index (χ4n) is 9.65. The highest BCUT2D eigenvalue weighted by atomic mass is 35.5. The van der Waals surface area contributed by atoms with E-state index in [4.69, 9.17) is 46.4 Å². The van der Waals surface area contributed by atoms with Crippen LogP contribution in [0, 0.1) is 0 Å². The molecule has 0 unspecified atom stereocenters. The van der Waals surface area contributed by atoms with Crippen molar-refractivity contribution in [2.45, 2.75) is 83.7 Å². The Labute approximate surface area is 270 Å². The second-order valence-electron chi connectivity index (χ2n) is 13.5. The van der Waals surface area contributed by atoms with Crippen molar-refractivity contribution in [3.8, 4) is 0 Å². The maximum absolute atomic E-state index is 6.25. The summed E-state index contributed by atoms with van der Waals surface area (Å²) in [4.78, 5) is 0. The second-order valence-corrected chi connectivity index (χ2v) is 14.6. The molecule has 4 saturated carbocycles. The lowest BCUT2D eigenvalue weighted by Gasteiger charge is -2.71. The van der Waals surface area contributed by atoms with Crippen LogP contribution in [0.15, 0.2) is 97.1 Å². The first-order valence-corrected chi connectivity index (χ1v) is 17.1. The Morgan fingerprint density at radius 2 is 0.476 bits per heavy atom. The molecule has 0 spiro atoms. The SMILES string of the molecule is ClCc1ccc(C23CC4(c5ccc(CCl)cc5)CC(c5ccc(CCl)cc5)(C2)CC(c2ccc(CCl)cc2)(C3)C4)cc1. The lowest BCUT2D eigenvalue weighted by atomic mass is 9.32. The van der Waals surface area contributed by atoms with Crippen LogP contribution >= 0.6 is 46.4 Å². The molecule has 0 aromatic heterocycles. The molecule has 42 heavy (non-hydrogen) atoms. The predicted octanol–water partition coefficient (Wildman–Crippen LogP) is 11.1. The number of rotatable bonds is 8. The maximum atomic E-state index is 6.25. The van der Waals surface area contributed by atoms with E-state index < -0.39 is 0 Å². The van der Waals surface area contributed by atoms with Crippen molar-refractivity contribution in [1.82, 2.24) is 0 Å². The second kappa shape index (κ2) is 10.9. The van der Waals surface area contributed by atoms with E-state index in [1.165, 1.54) is 44.5 Å². The molecule has 4 fully saturated rings. The third kappa shape index (κ3) is 4.64. The van der Waals surface area contributed by atoms with Gasteiger partial charge in [0, 0.05) is 23.5 Å². The summed E-state index contributed by atoms with van der Waals surface area (Å²) in [6, 6.07) is 37.0. The van der Waals surface area contributed by atoms with Crippen molar-refractivity contribution in [2.75, 3.05) is 0 Å². The zero-order chi connectivity index (χ0) is 29.0. The summed E-state index contributed by atoms with van der Waals surface area (Å²) in [6.07, 6.45) is 6.94. The van der Waals surface area contributed by atoms with Gasteiger partial charge in [-0.15, -0.1) is 46.4 Å². The molecule has 4 bridgehead atoms. The summed E-state index contributed by atoms with van der Waals surface area (Å²) in [7, 11) is 0. The van der Waals surface area contributed by atoms with Crippen molar-refractivity contribution in [2.24, 2.45) is 0 Å². The van der Waals surface area contributed by atoms with E-state index in [9.17, 15) is 0 Å². The minimum absolute atomic E-state index is 0.0427. The number of halogens is 4. The highest BCUT2D eigenvalue weighted by Crippen LogP contribution is 2.74. The molecule has 0 amide bonds. The molecule has 4 aliphatic rings. The van der Waals surface area contributed by atoms with Crippen molar-refractivity contribution in [3.05, 3.63) is 142 Å². The normalized spacial score (nSPS) is 29.6. The molecule has 0 N–H and O–H groups in total. The van der Waals surface area contributed by atoms with Crippen LogP contribution in [0.5, 0.6) is 0 Å². The van der Waals surface area contributed by atoms with Crippen molar-refractivity contribution in [1.29, 1.82) is 0 Å². The molecule has 4 heteroatoms. The van der Waals surface area contributed by atoms with Gasteiger partial charge in [0.05, 0.1) is 0 Å². The van der Waals surface area contributed by atoms with Crippen molar-refractivity contribution >= 4 is 46.4 Å². The van der Waals surface area contributed by atoms with Gasteiger partial charge < -0.3 is 0 Å². The van der Waals surface area contributed by atoms with Crippen LogP contribution in [0.2, 0.25) is 0 Å². The fraction of sp³-hybridized carbons (Fsp3) is 0.368. The first kappa shape index (κ1) is 28.8. The van der Waals surface area contributed by atoms with Gasteiger partial charge in [-0.1, -0.05) is 97.1 Å². The molecule has 216 valence electrons. The summed E-state index contributed by atoms with van der Waals surface area (Å²) in [5, 5.41) is 0. The molecule has 4 aliphatic carbocycles. The standard InChI is InChI=1S/C38H36Cl4/c39-17-27-1-9-31(10-2-27)35-21-36(32-11-3-28(18-40)4-12-32)24-37(22-35,33-13-5-29(19-41)6-14-33)26-38(23-35,25-36)34-15-7-30(20-42)8-16-34/h1-16H,17-26H2. The van der Waals surface area contributed by atoms with Gasteiger partial charge in [0.1, 0.15) is 0 Å². The third-order valence-electron chi connectivity index (χ3n) is 10.9. The van der Waals surface area contributed by atoms with Gasteiger partial charge in [-0.05, 0) is 105 Å². The van der Waals surface area contributed by atoms with Crippen LogP contribution in [0.3, 0.4) is 0 Å². The largest absolute Gasteiger partial charge is 0.122 e. The van der Waals surface area contributed by atoms with E-state index in [1.54, 1.807) is 0 Å². The van der Waals surface area contributed by atoms with E-state index >= 15 is 0 Å². The minimum atomic E-state index is 0.0427. The summed E-state index contributed by atoms with van der Waals surface area (Å²) < 4.78 is 0. The van der Waals surface area contributed by atoms with E-state index in [2.05, 4.69) is 97.1 Å². The van der Waals surface area contributed by atoms with Gasteiger partial charge in [-0.3, -0.25) is 0 Å². The Kier molecular flexibility index (Phi) is 7.46. The molecule has 4 aromatic rings. The number of hydrogen-bond donors (Lipinski definition) is 0. The molecule has 8 rings (SSSR count). The van der Waals surface area contributed by atoms with Gasteiger partial charge in [-0.2, -0.15) is 0 Å². The van der Waals surface area contributed by atoms with E-state index in [1.807, 2.05) is 0 Å². The lowest BCUT2D eigenvalue weighted by Crippen LogP contribution is -2.67. The highest BCUT2D eigenvalue weighted by Gasteiger charge is 2.69. The van der Waals surface area contributed by atoms with Gasteiger partial charge in [0.25, 0.3) is 0 Å². The van der Waals surface area contributed by atoms with Crippen LogP contribution in [-0.4, -0.2) is 0 Å². The van der Waals surface area contributed by atoms with E-state index in [-0.39, 0.29) is 21.7 Å². The Hall–Kier alpha value is -1.96. The average molecular weight is 635 g/mol. The minimum Gasteiger partial charge on any atom is -0.122 e. The lowest BCUT2D eigenvalue weighted by molar-refractivity contribution is -0.0691. The quantitative estimate of drug-likeness (QED) is 0.169. The number of alkyl halides is 4. The van der Waals surface area contributed by atoms with Gasteiger partial charge >= 0.3 is 0 Å².